The highest BCUT2D eigenvalue weighted by Gasteiger charge is 2.30. The summed E-state index contributed by atoms with van der Waals surface area (Å²) in [6.45, 7) is 11.9. The maximum absolute atomic E-state index is 13.1. The lowest BCUT2D eigenvalue weighted by molar-refractivity contribution is -0.161. The van der Waals surface area contributed by atoms with Crippen LogP contribution in [0.25, 0.3) is 0 Å². The lowest BCUT2D eigenvalue weighted by Crippen LogP contribution is -2.30. The quantitative estimate of drug-likeness (QED) is 0.0222. The number of aliphatic hydroxyl groups excluding tert-OH is 1. The fourth-order valence-corrected chi connectivity index (χ4v) is 12.8. The molecule has 0 spiro atoms. The number of hydrogen-bond acceptors (Lipinski definition) is 15. The van der Waals surface area contributed by atoms with Crippen LogP contribution in [-0.4, -0.2) is 96.7 Å². The first kappa shape index (κ1) is 91.1. The Morgan fingerprint density at radius 2 is 0.548 bits per heavy atom. The molecule has 552 valence electrons. The average molecular weight is 1370 g/mol. The molecule has 93 heavy (non-hydrogen) atoms. The van der Waals surface area contributed by atoms with E-state index in [0.717, 1.165) is 120 Å². The average Bonchev–Trinajstić information content (AvgIpc) is 1.53. The van der Waals surface area contributed by atoms with Crippen LogP contribution in [0.1, 0.15) is 376 Å². The zero-order valence-electron chi connectivity index (χ0n) is 60.7. The number of carbonyl (C=O) groups is 4. The number of aliphatic hydroxyl groups is 1. The highest BCUT2D eigenvalue weighted by Crippen LogP contribution is 2.45. The van der Waals surface area contributed by atoms with Gasteiger partial charge in [-0.15, -0.1) is 0 Å². The predicted octanol–water partition coefficient (Wildman–Crippen LogP) is 21.4. The molecular formula is C74H144O17P2. The van der Waals surface area contributed by atoms with Crippen molar-refractivity contribution in [3.05, 3.63) is 0 Å². The third kappa shape index (κ3) is 67.0. The van der Waals surface area contributed by atoms with Gasteiger partial charge in [-0.25, -0.2) is 9.13 Å². The Kier molecular flexibility index (Phi) is 63.4. The number of unbranched alkanes of at least 4 members (excludes halogenated alkanes) is 39. The zero-order chi connectivity index (χ0) is 68.7. The summed E-state index contributed by atoms with van der Waals surface area (Å²) in [5.74, 6) is 0.238. The molecule has 0 fully saturated rings. The van der Waals surface area contributed by atoms with E-state index in [0.29, 0.717) is 25.7 Å². The van der Waals surface area contributed by atoms with Gasteiger partial charge < -0.3 is 33.8 Å². The number of carbonyl (C=O) groups excluding carboxylic acids is 4. The number of esters is 4. The monoisotopic (exact) mass is 1370 g/mol. The molecule has 19 heteroatoms. The lowest BCUT2D eigenvalue weighted by atomic mass is 9.99. The van der Waals surface area contributed by atoms with Crippen LogP contribution in [0, 0.1) is 17.8 Å². The van der Waals surface area contributed by atoms with Gasteiger partial charge in [0.1, 0.15) is 19.3 Å². The lowest BCUT2D eigenvalue weighted by Gasteiger charge is -2.21. The Balaban J connectivity index is 5.20. The Morgan fingerprint density at radius 3 is 0.817 bits per heavy atom. The van der Waals surface area contributed by atoms with Crippen LogP contribution in [0.3, 0.4) is 0 Å². The second kappa shape index (κ2) is 64.7. The van der Waals surface area contributed by atoms with Gasteiger partial charge in [0.25, 0.3) is 0 Å². The Hall–Kier alpha value is -1.94. The molecule has 0 radical (unpaired) electrons. The van der Waals surface area contributed by atoms with E-state index in [1.54, 1.807) is 0 Å². The van der Waals surface area contributed by atoms with Gasteiger partial charge in [-0.1, -0.05) is 325 Å². The van der Waals surface area contributed by atoms with Crippen LogP contribution in [0.15, 0.2) is 0 Å². The molecule has 0 aromatic carbocycles. The Morgan fingerprint density at radius 1 is 0.312 bits per heavy atom. The van der Waals surface area contributed by atoms with E-state index in [1.807, 2.05) is 0 Å². The van der Waals surface area contributed by atoms with Gasteiger partial charge >= 0.3 is 39.5 Å². The summed E-state index contributed by atoms with van der Waals surface area (Å²) in [6, 6.07) is 0. The molecule has 0 aliphatic heterocycles. The predicted molar refractivity (Wildman–Crippen MR) is 377 cm³/mol. The van der Waals surface area contributed by atoms with Crippen LogP contribution in [0.5, 0.6) is 0 Å². The first-order valence-corrected chi connectivity index (χ1v) is 41.4. The number of phosphoric acid groups is 2. The van der Waals surface area contributed by atoms with E-state index in [2.05, 4.69) is 48.5 Å². The second-order valence-electron chi connectivity index (χ2n) is 27.9. The van der Waals surface area contributed by atoms with E-state index in [4.69, 9.17) is 37.0 Å². The minimum atomic E-state index is -4.96. The van der Waals surface area contributed by atoms with Crippen molar-refractivity contribution in [1.82, 2.24) is 0 Å². The molecule has 0 aliphatic carbocycles. The van der Waals surface area contributed by atoms with Gasteiger partial charge in [0.2, 0.25) is 0 Å². The van der Waals surface area contributed by atoms with E-state index >= 15 is 0 Å². The maximum atomic E-state index is 13.1. The fourth-order valence-electron chi connectivity index (χ4n) is 11.2. The highest BCUT2D eigenvalue weighted by molar-refractivity contribution is 7.47. The third-order valence-electron chi connectivity index (χ3n) is 17.5. The van der Waals surface area contributed by atoms with Crippen molar-refractivity contribution in [2.24, 2.45) is 17.8 Å². The van der Waals surface area contributed by atoms with Crippen molar-refractivity contribution in [2.45, 2.75) is 394 Å². The smallest absolute Gasteiger partial charge is 0.462 e. The first-order chi connectivity index (χ1) is 44.8. The van der Waals surface area contributed by atoms with Crippen LogP contribution < -0.4 is 0 Å². The van der Waals surface area contributed by atoms with Gasteiger partial charge in [0, 0.05) is 25.7 Å². The number of hydrogen-bond donors (Lipinski definition) is 3. The largest absolute Gasteiger partial charge is 0.472 e. The minimum absolute atomic E-state index is 0.104. The first-order valence-electron chi connectivity index (χ1n) is 38.4. The standard InChI is InChI=1S/C74H144O17P2/c1-8-10-11-12-31-41-48-55-71(76)84-61-69(91-74(79)58-51-44-37-30-29-34-40-47-54-67(7)9-2)63-88-92(80,81)86-59-68(75)60-87-93(82,83)89-64-70(62-85-72(77)56-49-42-35-27-23-20-16-18-22-26-33-39-46-53-66(5)6)90-73(78)57-50-43-36-28-24-19-15-13-14-17-21-25-32-38-45-52-65(3)4/h65-70,75H,8-64H2,1-7H3,(H,80,81)(H,82,83)/t67?,68-,69+,70+/m0/s1. The van der Waals surface area contributed by atoms with E-state index in [1.165, 1.54) is 173 Å². The molecule has 17 nitrogen and oxygen atoms in total. The Labute approximate surface area is 568 Å². The maximum Gasteiger partial charge on any atom is 0.472 e. The molecule has 3 N–H and O–H groups in total. The third-order valence-corrected chi connectivity index (χ3v) is 19.4. The molecule has 3 unspecified atom stereocenters. The van der Waals surface area contributed by atoms with Crippen molar-refractivity contribution in [1.29, 1.82) is 0 Å². The van der Waals surface area contributed by atoms with E-state index in [-0.39, 0.29) is 25.7 Å². The molecule has 6 atom stereocenters. The Bertz CT molecular complexity index is 1820. The molecule has 0 aliphatic rings. The molecule has 0 heterocycles. The molecule has 0 bridgehead atoms. The molecule has 0 aromatic rings. The van der Waals surface area contributed by atoms with E-state index < -0.39 is 97.5 Å². The van der Waals surface area contributed by atoms with Crippen LogP contribution >= 0.6 is 15.6 Å². The summed E-state index contributed by atoms with van der Waals surface area (Å²) in [5, 5.41) is 10.6. The highest BCUT2D eigenvalue weighted by atomic mass is 31.2. The summed E-state index contributed by atoms with van der Waals surface area (Å²) in [7, 11) is -9.90. The molecule has 0 amide bonds. The zero-order valence-corrected chi connectivity index (χ0v) is 62.5. The fraction of sp³-hybridized carbons (Fsp3) is 0.946. The van der Waals surface area contributed by atoms with Crippen LogP contribution in [-0.2, 0) is 65.4 Å². The molecule has 0 saturated heterocycles. The summed E-state index contributed by atoms with van der Waals surface area (Å²) in [6.07, 6.45) is 50.0. The normalized spacial score (nSPS) is 14.4. The molecule has 0 rings (SSSR count). The van der Waals surface area contributed by atoms with Crippen molar-refractivity contribution >= 4 is 39.5 Å². The summed E-state index contributed by atoms with van der Waals surface area (Å²) in [5.41, 5.74) is 0. The van der Waals surface area contributed by atoms with Gasteiger partial charge in [-0.3, -0.25) is 37.3 Å². The number of ether oxygens (including phenoxy) is 4. The molecule has 0 aromatic heterocycles. The second-order valence-corrected chi connectivity index (χ2v) is 30.8. The van der Waals surface area contributed by atoms with Crippen LogP contribution in [0.4, 0.5) is 0 Å². The number of rotatable bonds is 72. The van der Waals surface area contributed by atoms with Gasteiger partial charge in [0.05, 0.1) is 26.4 Å². The van der Waals surface area contributed by atoms with Gasteiger partial charge in [0.15, 0.2) is 12.2 Å². The minimum Gasteiger partial charge on any atom is -0.462 e. The molecule has 0 saturated carbocycles. The SMILES string of the molecule is CCCCCCCCCC(=O)OC[C@H](COP(=O)(O)OC[C@H](O)COP(=O)(O)OC[C@@H](COC(=O)CCCCCCCCCCCCCCCC(C)C)OC(=O)CCCCCCCCCCCCCCCCCC(C)C)OC(=O)CCCCCCCCCCC(C)CC. The van der Waals surface area contributed by atoms with Crippen molar-refractivity contribution in [2.75, 3.05) is 39.6 Å². The summed E-state index contributed by atoms with van der Waals surface area (Å²) < 4.78 is 68.3. The molecular weight excluding hydrogens is 1220 g/mol. The van der Waals surface area contributed by atoms with Gasteiger partial charge in [-0.05, 0) is 43.4 Å². The summed E-state index contributed by atoms with van der Waals surface area (Å²) >= 11 is 0. The van der Waals surface area contributed by atoms with Crippen molar-refractivity contribution < 1.29 is 80.2 Å². The van der Waals surface area contributed by atoms with Gasteiger partial charge in [-0.2, -0.15) is 0 Å². The van der Waals surface area contributed by atoms with E-state index in [9.17, 15) is 43.2 Å². The van der Waals surface area contributed by atoms with Crippen LogP contribution in [0.2, 0.25) is 0 Å². The number of phosphoric ester groups is 2. The van der Waals surface area contributed by atoms with Crippen molar-refractivity contribution in [3.8, 4) is 0 Å². The summed E-state index contributed by atoms with van der Waals surface area (Å²) in [4.78, 5) is 72.6. The topological polar surface area (TPSA) is 237 Å². The van der Waals surface area contributed by atoms with Crippen molar-refractivity contribution in [3.63, 3.8) is 0 Å².